The van der Waals surface area contributed by atoms with Gasteiger partial charge in [0.15, 0.2) is 5.96 Å². The minimum absolute atomic E-state index is 0. The van der Waals surface area contributed by atoms with Gasteiger partial charge in [0.2, 0.25) is 5.91 Å². The van der Waals surface area contributed by atoms with Crippen molar-refractivity contribution in [3.05, 3.63) is 35.4 Å². The quantitative estimate of drug-likeness (QED) is 0.233. The summed E-state index contributed by atoms with van der Waals surface area (Å²) in [5.74, 6) is 1.38. The van der Waals surface area contributed by atoms with E-state index in [4.69, 9.17) is 5.73 Å². The molecule has 1 aliphatic carbocycles. The molecule has 0 bridgehead atoms. The first-order valence-corrected chi connectivity index (χ1v) is 9.60. The van der Waals surface area contributed by atoms with Crippen LogP contribution >= 0.6 is 24.0 Å². The number of guanidine groups is 1. The summed E-state index contributed by atoms with van der Waals surface area (Å²) >= 11 is 0. The number of hydrogen-bond donors (Lipinski definition) is 3. The molecule has 1 aromatic carbocycles. The molecule has 6 heteroatoms. The SMILES string of the molecule is CCNC(=NCc1ccc(C(N)=O)cc1)NCCCC1CCCCC1.I. The van der Waals surface area contributed by atoms with Gasteiger partial charge in [-0.15, -0.1) is 24.0 Å². The monoisotopic (exact) mass is 472 g/mol. The molecule has 146 valence electrons. The molecule has 0 atom stereocenters. The van der Waals surface area contributed by atoms with E-state index in [-0.39, 0.29) is 24.0 Å². The van der Waals surface area contributed by atoms with Crippen LogP contribution in [0.2, 0.25) is 0 Å². The summed E-state index contributed by atoms with van der Waals surface area (Å²) in [6.45, 7) is 4.45. The number of halogens is 1. The lowest BCUT2D eigenvalue weighted by atomic mass is 9.86. The predicted molar refractivity (Wildman–Crippen MR) is 119 cm³/mol. The van der Waals surface area contributed by atoms with Crippen LogP contribution in [-0.4, -0.2) is 25.0 Å². The van der Waals surface area contributed by atoms with E-state index in [9.17, 15) is 4.79 Å². The highest BCUT2D eigenvalue weighted by Crippen LogP contribution is 2.26. The minimum atomic E-state index is -0.400. The van der Waals surface area contributed by atoms with Crippen LogP contribution in [0.25, 0.3) is 0 Å². The van der Waals surface area contributed by atoms with Crippen molar-refractivity contribution < 1.29 is 4.79 Å². The molecule has 2 rings (SSSR count). The van der Waals surface area contributed by atoms with Crippen molar-refractivity contribution >= 4 is 35.8 Å². The van der Waals surface area contributed by atoms with E-state index in [1.165, 1.54) is 44.9 Å². The predicted octanol–water partition coefficient (Wildman–Crippen LogP) is 3.82. The Labute approximate surface area is 174 Å². The number of hydrogen-bond acceptors (Lipinski definition) is 2. The van der Waals surface area contributed by atoms with Gasteiger partial charge in [-0.2, -0.15) is 0 Å². The molecular formula is C20H33IN4O. The maximum Gasteiger partial charge on any atom is 0.248 e. The molecule has 1 aromatic rings. The first-order chi connectivity index (χ1) is 12.2. The molecule has 5 nitrogen and oxygen atoms in total. The largest absolute Gasteiger partial charge is 0.366 e. The van der Waals surface area contributed by atoms with Gasteiger partial charge in [-0.3, -0.25) is 4.79 Å². The lowest BCUT2D eigenvalue weighted by Gasteiger charge is -2.21. The van der Waals surface area contributed by atoms with Gasteiger partial charge in [-0.1, -0.05) is 44.2 Å². The third kappa shape index (κ3) is 8.38. The van der Waals surface area contributed by atoms with Crippen LogP contribution in [0, 0.1) is 5.92 Å². The Morgan fingerprint density at radius 3 is 2.46 bits per heavy atom. The van der Waals surface area contributed by atoms with E-state index in [1.54, 1.807) is 12.1 Å². The molecular weight excluding hydrogens is 439 g/mol. The Morgan fingerprint density at radius 2 is 1.85 bits per heavy atom. The Balaban J connectivity index is 0.00000338. The second kappa shape index (κ2) is 12.9. The van der Waals surface area contributed by atoms with E-state index >= 15 is 0 Å². The number of nitrogens with two attached hydrogens (primary N) is 1. The highest BCUT2D eigenvalue weighted by Gasteiger charge is 2.12. The van der Waals surface area contributed by atoms with Crippen LogP contribution < -0.4 is 16.4 Å². The molecule has 0 radical (unpaired) electrons. The van der Waals surface area contributed by atoms with E-state index in [0.717, 1.165) is 30.5 Å². The van der Waals surface area contributed by atoms with E-state index < -0.39 is 5.91 Å². The summed E-state index contributed by atoms with van der Waals surface area (Å²) < 4.78 is 0. The van der Waals surface area contributed by atoms with Gasteiger partial charge in [0.1, 0.15) is 0 Å². The maximum absolute atomic E-state index is 11.1. The molecule has 4 N–H and O–H groups in total. The summed E-state index contributed by atoms with van der Waals surface area (Å²) in [6, 6.07) is 7.29. The number of carbonyl (C=O) groups excluding carboxylic acids is 1. The zero-order valence-electron chi connectivity index (χ0n) is 15.8. The first-order valence-electron chi connectivity index (χ1n) is 9.60. The van der Waals surface area contributed by atoms with Crippen molar-refractivity contribution in [3.8, 4) is 0 Å². The minimum Gasteiger partial charge on any atom is -0.366 e. The Bertz CT molecular complexity index is 553. The molecule has 1 aliphatic rings. The van der Waals surface area contributed by atoms with Gasteiger partial charge in [0.05, 0.1) is 6.54 Å². The normalized spacial score (nSPS) is 15.2. The number of carbonyl (C=O) groups is 1. The summed E-state index contributed by atoms with van der Waals surface area (Å²) in [5.41, 5.74) is 6.85. The van der Waals surface area contributed by atoms with Gasteiger partial charge in [-0.05, 0) is 43.4 Å². The third-order valence-electron chi connectivity index (χ3n) is 4.81. The number of benzene rings is 1. The molecule has 0 unspecified atom stereocenters. The molecule has 1 saturated carbocycles. The maximum atomic E-state index is 11.1. The second-order valence-electron chi connectivity index (χ2n) is 6.83. The average Bonchev–Trinajstić information content (AvgIpc) is 2.64. The molecule has 0 saturated heterocycles. The summed E-state index contributed by atoms with van der Waals surface area (Å²) in [4.78, 5) is 15.7. The molecule has 1 amide bonds. The Morgan fingerprint density at radius 1 is 1.15 bits per heavy atom. The van der Waals surface area contributed by atoms with Crippen LogP contribution in [0.1, 0.15) is 67.8 Å². The number of aliphatic imine (C=N–C) groups is 1. The van der Waals surface area contributed by atoms with Gasteiger partial charge < -0.3 is 16.4 Å². The highest BCUT2D eigenvalue weighted by molar-refractivity contribution is 14.0. The van der Waals surface area contributed by atoms with Crippen molar-refractivity contribution in [1.29, 1.82) is 0 Å². The summed E-state index contributed by atoms with van der Waals surface area (Å²) in [6.07, 6.45) is 9.59. The number of rotatable bonds is 8. The number of amides is 1. The zero-order valence-corrected chi connectivity index (χ0v) is 18.1. The molecule has 0 aliphatic heterocycles. The van der Waals surface area contributed by atoms with Gasteiger partial charge in [0.25, 0.3) is 0 Å². The fraction of sp³-hybridized carbons (Fsp3) is 0.600. The Kier molecular flexibility index (Phi) is 11.3. The number of primary amides is 1. The highest BCUT2D eigenvalue weighted by atomic mass is 127. The molecule has 26 heavy (non-hydrogen) atoms. The second-order valence-corrected chi connectivity index (χ2v) is 6.83. The molecule has 1 fully saturated rings. The topological polar surface area (TPSA) is 79.5 Å². The van der Waals surface area contributed by atoms with Gasteiger partial charge in [-0.25, -0.2) is 4.99 Å². The van der Waals surface area contributed by atoms with Crippen LogP contribution in [0.4, 0.5) is 0 Å². The molecule has 0 spiro atoms. The van der Waals surface area contributed by atoms with Crippen molar-refractivity contribution in [2.75, 3.05) is 13.1 Å². The summed E-state index contributed by atoms with van der Waals surface area (Å²) in [7, 11) is 0. The van der Waals surface area contributed by atoms with Crippen molar-refractivity contribution in [2.24, 2.45) is 16.6 Å². The van der Waals surface area contributed by atoms with E-state index in [2.05, 4.69) is 22.5 Å². The van der Waals surface area contributed by atoms with Crippen LogP contribution in [0.3, 0.4) is 0 Å². The lowest BCUT2D eigenvalue weighted by molar-refractivity contribution is 0.100. The fourth-order valence-corrected chi connectivity index (χ4v) is 3.36. The zero-order chi connectivity index (χ0) is 17.9. The van der Waals surface area contributed by atoms with Crippen molar-refractivity contribution in [2.45, 2.75) is 58.4 Å². The van der Waals surface area contributed by atoms with Gasteiger partial charge in [0, 0.05) is 18.7 Å². The van der Waals surface area contributed by atoms with E-state index in [1.807, 2.05) is 12.1 Å². The smallest absolute Gasteiger partial charge is 0.248 e. The van der Waals surface area contributed by atoms with Crippen molar-refractivity contribution in [3.63, 3.8) is 0 Å². The lowest BCUT2D eigenvalue weighted by Crippen LogP contribution is -2.37. The van der Waals surface area contributed by atoms with Crippen LogP contribution in [0.5, 0.6) is 0 Å². The molecule has 0 aromatic heterocycles. The number of nitrogens with zero attached hydrogens (tertiary/aromatic N) is 1. The standard InChI is InChI=1S/C20H32N4O.HI/c1-2-22-20(23-14-6-9-16-7-4-3-5-8-16)24-15-17-10-12-18(13-11-17)19(21)25;/h10-13,16H,2-9,14-15H2,1H3,(H2,21,25)(H2,22,23,24);1H. The molecule has 0 heterocycles. The van der Waals surface area contributed by atoms with Crippen LogP contribution in [-0.2, 0) is 6.54 Å². The fourth-order valence-electron chi connectivity index (χ4n) is 3.36. The van der Waals surface area contributed by atoms with E-state index in [0.29, 0.717) is 12.1 Å². The van der Waals surface area contributed by atoms with Crippen molar-refractivity contribution in [1.82, 2.24) is 10.6 Å². The third-order valence-corrected chi connectivity index (χ3v) is 4.81. The number of nitrogens with one attached hydrogen (secondary N) is 2. The Hall–Kier alpha value is -1.31. The average molecular weight is 472 g/mol. The van der Waals surface area contributed by atoms with Gasteiger partial charge >= 0.3 is 0 Å². The summed E-state index contributed by atoms with van der Waals surface area (Å²) in [5, 5.41) is 6.71. The first kappa shape index (κ1) is 22.7. The van der Waals surface area contributed by atoms with Crippen LogP contribution in [0.15, 0.2) is 29.3 Å².